The van der Waals surface area contributed by atoms with Gasteiger partial charge in [-0.2, -0.15) is 0 Å². The first-order valence-electron chi connectivity index (χ1n) is 6.29. The fourth-order valence-corrected chi connectivity index (χ4v) is 1.92. The van der Waals surface area contributed by atoms with Crippen LogP contribution in [-0.2, 0) is 4.79 Å². The number of carboxylic acids is 1. The maximum Gasteiger partial charge on any atom is 0.344 e. The molecule has 0 spiro atoms. The van der Waals surface area contributed by atoms with Crippen molar-refractivity contribution in [2.24, 2.45) is 0 Å². The molecule has 0 aromatic heterocycles. The third-order valence-corrected chi connectivity index (χ3v) is 2.97. The van der Waals surface area contributed by atoms with Crippen LogP contribution < -0.4 is 10.1 Å². The molecule has 0 radical (unpaired) electrons. The van der Waals surface area contributed by atoms with Crippen LogP contribution in [0.15, 0.2) is 24.3 Å². The number of carbonyl (C=O) groups is 1. The minimum atomic E-state index is -0.926. The summed E-state index contributed by atoms with van der Waals surface area (Å²) < 4.78 is 5.60. The molecule has 2 unspecified atom stereocenters. The lowest BCUT2D eigenvalue weighted by atomic mass is 10.0. The van der Waals surface area contributed by atoms with E-state index in [1.165, 1.54) is 0 Å². The van der Waals surface area contributed by atoms with Crippen LogP contribution in [0.3, 0.4) is 0 Å². The lowest BCUT2D eigenvalue weighted by Gasteiger charge is -2.21. The molecule has 0 saturated heterocycles. The normalized spacial score (nSPS) is 13.9. The number of benzene rings is 1. The summed E-state index contributed by atoms with van der Waals surface area (Å²) in [7, 11) is 1.89. The van der Waals surface area contributed by atoms with Crippen molar-refractivity contribution in [3.8, 4) is 5.75 Å². The van der Waals surface area contributed by atoms with Crippen molar-refractivity contribution in [3.05, 3.63) is 29.8 Å². The van der Waals surface area contributed by atoms with E-state index in [0.717, 1.165) is 12.0 Å². The van der Waals surface area contributed by atoms with Crippen molar-refractivity contribution in [2.45, 2.75) is 38.8 Å². The zero-order valence-electron chi connectivity index (χ0n) is 11.1. The van der Waals surface area contributed by atoms with E-state index in [0.29, 0.717) is 12.2 Å². The molecule has 18 heavy (non-hydrogen) atoms. The second kappa shape index (κ2) is 7.01. The van der Waals surface area contributed by atoms with Gasteiger partial charge in [0.1, 0.15) is 5.75 Å². The maximum absolute atomic E-state index is 11.0. The Morgan fingerprint density at radius 2 is 2.00 bits per heavy atom. The smallest absolute Gasteiger partial charge is 0.344 e. The third-order valence-electron chi connectivity index (χ3n) is 2.97. The van der Waals surface area contributed by atoms with Gasteiger partial charge in [-0.3, -0.25) is 0 Å². The number of hydrogen-bond acceptors (Lipinski definition) is 3. The highest BCUT2D eigenvalue weighted by atomic mass is 16.5. The Balaban J connectivity index is 2.97. The monoisotopic (exact) mass is 251 g/mol. The predicted molar refractivity (Wildman–Crippen MR) is 70.9 cm³/mol. The molecule has 0 aliphatic carbocycles. The molecule has 1 rings (SSSR count). The zero-order chi connectivity index (χ0) is 13.5. The molecular formula is C14H21NO3. The first kappa shape index (κ1) is 14.5. The van der Waals surface area contributed by atoms with Gasteiger partial charge in [0.25, 0.3) is 0 Å². The molecule has 4 nitrogen and oxygen atoms in total. The Morgan fingerprint density at radius 3 is 2.50 bits per heavy atom. The van der Waals surface area contributed by atoms with Gasteiger partial charge in [0.15, 0.2) is 6.10 Å². The average Bonchev–Trinajstić information content (AvgIpc) is 2.38. The molecule has 0 aliphatic heterocycles. The molecule has 2 atom stereocenters. The summed E-state index contributed by atoms with van der Waals surface area (Å²) in [5, 5.41) is 12.2. The Bertz CT molecular complexity index is 388. The van der Waals surface area contributed by atoms with Crippen LogP contribution >= 0.6 is 0 Å². The molecule has 1 aromatic carbocycles. The van der Waals surface area contributed by atoms with Gasteiger partial charge < -0.3 is 15.2 Å². The van der Waals surface area contributed by atoms with Crippen LogP contribution in [0.5, 0.6) is 5.75 Å². The van der Waals surface area contributed by atoms with Gasteiger partial charge in [0.2, 0.25) is 0 Å². The van der Waals surface area contributed by atoms with E-state index >= 15 is 0 Å². The lowest BCUT2D eigenvalue weighted by molar-refractivity contribution is -0.145. The van der Waals surface area contributed by atoms with Gasteiger partial charge in [0, 0.05) is 11.6 Å². The first-order chi connectivity index (χ1) is 8.63. The second-order valence-corrected chi connectivity index (χ2v) is 4.14. The zero-order valence-corrected chi connectivity index (χ0v) is 11.1. The van der Waals surface area contributed by atoms with Crippen molar-refractivity contribution in [1.29, 1.82) is 0 Å². The van der Waals surface area contributed by atoms with Crippen LogP contribution in [0.4, 0.5) is 0 Å². The molecule has 0 heterocycles. The molecule has 0 aliphatic rings. The second-order valence-electron chi connectivity index (χ2n) is 4.14. The standard InChI is InChI=1S/C14H21NO3/c1-4-11(15-3)10-8-6-7-9-13(10)18-12(5-2)14(16)17/h6-9,11-12,15H,4-5H2,1-3H3,(H,16,17). The van der Waals surface area contributed by atoms with Crippen LogP contribution in [0.25, 0.3) is 0 Å². The molecule has 4 heteroatoms. The summed E-state index contributed by atoms with van der Waals surface area (Å²) in [4.78, 5) is 11.0. The minimum absolute atomic E-state index is 0.174. The fraction of sp³-hybridized carbons (Fsp3) is 0.500. The molecule has 0 bridgehead atoms. The summed E-state index contributed by atoms with van der Waals surface area (Å²) in [5.74, 6) is -0.280. The minimum Gasteiger partial charge on any atom is -0.479 e. The van der Waals surface area contributed by atoms with Gasteiger partial charge in [-0.15, -0.1) is 0 Å². The number of rotatable bonds is 7. The highest BCUT2D eigenvalue weighted by Gasteiger charge is 2.20. The topological polar surface area (TPSA) is 58.6 Å². The summed E-state index contributed by atoms with van der Waals surface area (Å²) in [6, 6.07) is 7.75. The molecule has 2 N–H and O–H groups in total. The van der Waals surface area contributed by atoms with Gasteiger partial charge in [-0.1, -0.05) is 32.0 Å². The molecule has 1 aromatic rings. The molecule has 0 saturated carbocycles. The number of carboxylic acid groups (broad SMARTS) is 1. The summed E-state index contributed by atoms with van der Waals surface area (Å²) in [6.45, 7) is 3.88. The van der Waals surface area contributed by atoms with Crippen molar-refractivity contribution < 1.29 is 14.6 Å². The van der Waals surface area contributed by atoms with Crippen LogP contribution in [0, 0.1) is 0 Å². The van der Waals surface area contributed by atoms with Gasteiger partial charge in [0.05, 0.1) is 0 Å². The van der Waals surface area contributed by atoms with Crippen molar-refractivity contribution >= 4 is 5.97 Å². The highest BCUT2D eigenvalue weighted by Crippen LogP contribution is 2.28. The number of para-hydroxylation sites is 1. The van der Waals surface area contributed by atoms with Gasteiger partial charge >= 0.3 is 5.97 Å². The summed E-state index contributed by atoms with van der Waals surface area (Å²) in [6.07, 6.45) is 0.571. The van der Waals surface area contributed by atoms with Crippen molar-refractivity contribution in [2.75, 3.05) is 7.05 Å². The molecular weight excluding hydrogens is 230 g/mol. The number of nitrogens with one attached hydrogen (secondary N) is 1. The largest absolute Gasteiger partial charge is 0.479 e. The average molecular weight is 251 g/mol. The van der Waals surface area contributed by atoms with Crippen LogP contribution in [0.2, 0.25) is 0 Å². The Morgan fingerprint density at radius 1 is 1.33 bits per heavy atom. The fourth-order valence-electron chi connectivity index (χ4n) is 1.92. The molecule has 0 amide bonds. The molecule has 0 fully saturated rings. The van der Waals surface area contributed by atoms with Crippen LogP contribution in [-0.4, -0.2) is 24.2 Å². The Kier molecular flexibility index (Phi) is 5.65. The van der Waals surface area contributed by atoms with E-state index in [1.54, 1.807) is 6.92 Å². The maximum atomic E-state index is 11.0. The van der Waals surface area contributed by atoms with E-state index in [4.69, 9.17) is 9.84 Å². The van der Waals surface area contributed by atoms with Crippen molar-refractivity contribution in [1.82, 2.24) is 5.32 Å². The van der Waals surface area contributed by atoms with E-state index in [2.05, 4.69) is 12.2 Å². The predicted octanol–water partition coefficient (Wildman–Crippen LogP) is 2.60. The lowest BCUT2D eigenvalue weighted by Crippen LogP contribution is -2.27. The summed E-state index contributed by atoms with van der Waals surface area (Å²) >= 11 is 0. The highest BCUT2D eigenvalue weighted by molar-refractivity contribution is 5.72. The van der Waals surface area contributed by atoms with E-state index in [1.807, 2.05) is 31.3 Å². The van der Waals surface area contributed by atoms with Crippen LogP contribution in [0.1, 0.15) is 38.3 Å². The summed E-state index contributed by atoms with van der Waals surface area (Å²) in [5.41, 5.74) is 1.00. The first-order valence-corrected chi connectivity index (χ1v) is 6.29. The molecule has 100 valence electrons. The van der Waals surface area contributed by atoms with E-state index in [9.17, 15) is 4.79 Å². The quantitative estimate of drug-likeness (QED) is 0.782. The number of aliphatic carboxylic acids is 1. The van der Waals surface area contributed by atoms with E-state index < -0.39 is 12.1 Å². The Hall–Kier alpha value is -1.55. The van der Waals surface area contributed by atoms with E-state index in [-0.39, 0.29) is 6.04 Å². The van der Waals surface area contributed by atoms with Gasteiger partial charge in [-0.25, -0.2) is 4.79 Å². The number of ether oxygens (including phenoxy) is 1. The SMILES string of the molecule is CCC(Oc1ccccc1C(CC)NC)C(=O)O. The van der Waals surface area contributed by atoms with Crippen molar-refractivity contribution in [3.63, 3.8) is 0 Å². The number of hydrogen-bond donors (Lipinski definition) is 2. The third kappa shape index (κ3) is 3.47. The van der Waals surface area contributed by atoms with Gasteiger partial charge in [-0.05, 0) is 26.0 Å². The Labute approximate surface area is 108 Å².